The summed E-state index contributed by atoms with van der Waals surface area (Å²) in [4.78, 5) is 30.8. The Morgan fingerprint density at radius 2 is 1.39 bits per heavy atom. The van der Waals surface area contributed by atoms with E-state index in [1.54, 1.807) is 45.6 Å². The minimum Gasteiger partial charge on any atom is -0.455 e. The Balaban J connectivity index is 1.16. The summed E-state index contributed by atoms with van der Waals surface area (Å²) in [5, 5.41) is 38.2. The lowest BCUT2D eigenvalue weighted by molar-refractivity contribution is -0.321. The summed E-state index contributed by atoms with van der Waals surface area (Å²) in [5.41, 5.74) is -4.83. The molecule has 7 rings (SSSR count). The first-order chi connectivity index (χ1) is 29.5. The fraction of sp³-hybridized carbons (Fsp3) is 0.837. The van der Waals surface area contributed by atoms with Gasteiger partial charge in [0, 0.05) is 82.5 Å². The summed E-state index contributed by atoms with van der Waals surface area (Å²) >= 11 is 0. The SMILES string of the molecule is CCCCCCCCCCCCCCCCCC(=O)O[C@]12[C@H]3[C@@H](OC(=O)c4ccccc4)[C@](O)(C[C@H]3[C@@]34[C@@H](OC)C[C@@H](O)[C@@]5(COC)CN(C)[C@@H]3[C@@H]1[C@H](OC)[C@H]54)[C@@H](OC)[C@@H]2O. The number of aliphatic hydroxyl groups is 3. The summed E-state index contributed by atoms with van der Waals surface area (Å²) < 4.78 is 38.5. The van der Waals surface area contributed by atoms with Gasteiger partial charge in [0.2, 0.25) is 0 Å². The highest BCUT2D eigenvalue weighted by Crippen LogP contribution is 2.80. The second-order valence-corrected chi connectivity index (χ2v) is 19.9. The largest absolute Gasteiger partial charge is 0.455 e. The van der Waals surface area contributed by atoms with Crippen LogP contribution >= 0.6 is 0 Å². The number of carbonyl (C=O) groups is 2. The van der Waals surface area contributed by atoms with E-state index in [1.165, 1.54) is 77.7 Å². The van der Waals surface area contributed by atoms with Crippen molar-refractivity contribution in [2.75, 3.05) is 48.6 Å². The van der Waals surface area contributed by atoms with Crippen molar-refractivity contribution in [3.8, 4) is 0 Å². The number of rotatable bonds is 24. The van der Waals surface area contributed by atoms with Gasteiger partial charge in [0.15, 0.2) is 5.60 Å². The molecule has 7 bridgehead atoms. The van der Waals surface area contributed by atoms with Gasteiger partial charge in [-0.3, -0.25) is 4.79 Å². The van der Waals surface area contributed by atoms with Gasteiger partial charge >= 0.3 is 11.9 Å². The summed E-state index contributed by atoms with van der Waals surface area (Å²) in [6.45, 7) is 2.98. The molecule has 6 fully saturated rings. The molecule has 0 radical (unpaired) electrons. The normalized spacial score (nSPS) is 40.6. The zero-order valence-electron chi connectivity index (χ0n) is 37.9. The second-order valence-electron chi connectivity index (χ2n) is 19.9. The Bertz CT molecular complexity index is 1620. The predicted molar refractivity (Wildman–Crippen MR) is 230 cm³/mol. The molecule has 15 atom stereocenters. The first-order valence-corrected chi connectivity index (χ1v) is 23.8. The van der Waals surface area contributed by atoms with Crippen LogP contribution in [0.1, 0.15) is 133 Å². The minimum atomic E-state index is -1.84. The molecule has 61 heavy (non-hydrogen) atoms. The van der Waals surface area contributed by atoms with Crippen LogP contribution in [-0.2, 0) is 33.2 Å². The Morgan fingerprint density at radius 3 is 1.95 bits per heavy atom. The number of aliphatic hydroxyl groups excluding tert-OH is 2. The van der Waals surface area contributed by atoms with E-state index in [1.807, 2.05) is 13.1 Å². The standard InChI is InChI=1S/C49H77NO11/c1-7-8-9-10-11-12-13-14-15-16-17-18-19-20-24-27-36(52)61-49-37-33(29-47(55,44(59-6)42(49)53)43(37)60-45(54)32-25-22-21-23-26-32)48-35(57-4)28-34(51)46(31-56-3)30-50(2)41(48)38(49)39(58-5)40(46)48/h21-23,25-26,33-35,37-44,51,53,55H,7-20,24,27-31H2,1-6H3/t33-,34-,35+,37-,38+,39+,40-,41-,42+,43-,44+,46+,47-,48+,49-/m1/s1. The number of fused-ring (bicyclic) bond motifs is 2. The number of carbonyl (C=O) groups excluding carboxylic acids is 2. The third-order valence-electron chi connectivity index (χ3n) is 16.8. The Kier molecular flexibility index (Phi) is 15.0. The van der Waals surface area contributed by atoms with Crippen LogP contribution in [0.3, 0.4) is 0 Å². The summed E-state index contributed by atoms with van der Waals surface area (Å²) in [6.07, 6.45) is 12.8. The van der Waals surface area contributed by atoms with Gasteiger partial charge in [-0.05, 0) is 37.9 Å². The molecular formula is C49H77NO11. The van der Waals surface area contributed by atoms with Gasteiger partial charge < -0.3 is 48.6 Å². The number of methoxy groups -OCH3 is 4. The molecule has 3 N–H and O–H groups in total. The lowest BCUT2D eigenvalue weighted by Crippen LogP contribution is -2.81. The lowest BCUT2D eigenvalue weighted by Gasteiger charge is -2.70. The molecular weight excluding hydrogens is 779 g/mol. The number of unbranched alkanes of at least 4 members (excludes halogenated alkanes) is 14. The molecule has 1 aliphatic heterocycles. The topological polar surface area (TPSA) is 153 Å². The highest BCUT2D eigenvalue weighted by Gasteiger charge is 2.92. The van der Waals surface area contributed by atoms with E-state index in [4.69, 9.17) is 28.4 Å². The van der Waals surface area contributed by atoms with Crippen molar-refractivity contribution in [3.63, 3.8) is 0 Å². The van der Waals surface area contributed by atoms with Gasteiger partial charge in [0.05, 0.1) is 30.5 Å². The first-order valence-electron chi connectivity index (χ1n) is 23.8. The van der Waals surface area contributed by atoms with E-state index in [0.717, 1.165) is 19.3 Å². The average molecular weight is 856 g/mol. The van der Waals surface area contributed by atoms with Gasteiger partial charge in [0.25, 0.3) is 0 Å². The zero-order valence-corrected chi connectivity index (χ0v) is 37.9. The van der Waals surface area contributed by atoms with Crippen LogP contribution in [0.5, 0.6) is 0 Å². The van der Waals surface area contributed by atoms with Crippen LogP contribution in [0.2, 0.25) is 0 Å². The highest BCUT2D eigenvalue weighted by molar-refractivity contribution is 5.89. The molecule has 5 saturated carbocycles. The van der Waals surface area contributed by atoms with Crippen LogP contribution in [0.15, 0.2) is 30.3 Å². The van der Waals surface area contributed by atoms with Crippen molar-refractivity contribution < 1.29 is 53.3 Å². The number of hydrogen-bond donors (Lipinski definition) is 3. The van der Waals surface area contributed by atoms with E-state index in [9.17, 15) is 24.9 Å². The van der Waals surface area contributed by atoms with Crippen molar-refractivity contribution in [3.05, 3.63) is 35.9 Å². The second kappa shape index (κ2) is 19.5. The number of nitrogens with zero attached hydrogens (tertiary/aromatic N) is 1. The molecule has 12 heteroatoms. The van der Waals surface area contributed by atoms with Gasteiger partial charge in [0.1, 0.15) is 23.9 Å². The summed E-state index contributed by atoms with van der Waals surface area (Å²) in [6, 6.07) is 8.29. The highest BCUT2D eigenvalue weighted by atomic mass is 16.6. The van der Waals surface area contributed by atoms with Crippen LogP contribution in [0.4, 0.5) is 0 Å². The third-order valence-corrected chi connectivity index (χ3v) is 16.8. The number of likely N-dealkylation sites (tertiary alicyclic amines) is 1. The molecule has 1 saturated heterocycles. The fourth-order valence-electron chi connectivity index (χ4n) is 14.8. The van der Waals surface area contributed by atoms with Crippen molar-refractivity contribution in [2.24, 2.45) is 34.5 Å². The zero-order chi connectivity index (χ0) is 43.6. The Morgan fingerprint density at radius 1 is 0.787 bits per heavy atom. The number of ether oxygens (including phenoxy) is 6. The number of piperidine rings is 1. The van der Waals surface area contributed by atoms with Gasteiger partial charge in [-0.25, -0.2) is 4.79 Å². The fourth-order valence-corrected chi connectivity index (χ4v) is 14.8. The van der Waals surface area contributed by atoms with E-state index in [0.29, 0.717) is 24.9 Å². The van der Waals surface area contributed by atoms with Crippen LogP contribution < -0.4 is 0 Å². The smallest absolute Gasteiger partial charge is 0.338 e. The molecule has 0 amide bonds. The lowest BCUT2D eigenvalue weighted by atomic mass is 9.42. The maximum Gasteiger partial charge on any atom is 0.338 e. The molecule has 5 aliphatic carbocycles. The quantitative estimate of drug-likeness (QED) is 0.0769. The number of esters is 2. The molecule has 12 nitrogen and oxygen atoms in total. The number of benzene rings is 1. The average Bonchev–Trinajstić information content (AvgIpc) is 3.64. The van der Waals surface area contributed by atoms with Crippen molar-refractivity contribution in [1.82, 2.24) is 4.90 Å². The maximum atomic E-state index is 14.5. The molecule has 1 aromatic rings. The predicted octanol–water partition coefficient (Wildman–Crippen LogP) is 6.50. The molecule has 0 aromatic heterocycles. The summed E-state index contributed by atoms with van der Waals surface area (Å²) in [7, 11) is 8.40. The Labute approximate surface area is 364 Å². The van der Waals surface area contributed by atoms with Gasteiger partial charge in [-0.1, -0.05) is 115 Å². The van der Waals surface area contributed by atoms with Crippen molar-refractivity contribution in [1.29, 1.82) is 0 Å². The molecule has 1 heterocycles. The van der Waals surface area contributed by atoms with Crippen molar-refractivity contribution in [2.45, 2.75) is 176 Å². The van der Waals surface area contributed by atoms with E-state index in [2.05, 4.69) is 11.8 Å². The first kappa shape index (κ1) is 46.8. The van der Waals surface area contributed by atoms with E-state index >= 15 is 0 Å². The van der Waals surface area contributed by atoms with Gasteiger partial charge in [-0.15, -0.1) is 0 Å². The van der Waals surface area contributed by atoms with Crippen LogP contribution in [0, 0.1) is 34.5 Å². The molecule has 344 valence electrons. The van der Waals surface area contributed by atoms with Crippen LogP contribution in [0.25, 0.3) is 0 Å². The van der Waals surface area contributed by atoms with E-state index in [-0.39, 0.29) is 31.4 Å². The van der Waals surface area contributed by atoms with Gasteiger partial charge in [-0.2, -0.15) is 0 Å². The molecule has 0 unspecified atom stereocenters. The summed E-state index contributed by atoms with van der Waals surface area (Å²) in [5.74, 6) is -3.48. The third kappa shape index (κ3) is 7.62. The Hall–Kier alpha value is -2.16. The van der Waals surface area contributed by atoms with Crippen LogP contribution in [-0.4, -0.2) is 135 Å². The van der Waals surface area contributed by atoms with E-state index < -0.39 is 88.3 Å². The number of hydrogen-bond acceptors (Lipinski definition) is 12. The molecule has 1 spiro atoms. The molecule has 1 aromatic carbocycles. The maximum absolute atomic E-state index is 14.5. The monoisotopic (exact) mass is 856 g/mol. The molecule has 6 aliphatic rings. The minimum absolute atomic E-state index is 0.0847. The van der Waals surface area contributed by atoms with Crippen molar-refractivity contribution >= 4 is 11.9 Å².